The Labute approximate surface area is 150 Å². The lowest BCUT2D eigenvalue weighted by molar-refractivity contribution is 0.518. The van der Waals surface area contributed by atoms with Crippen LogP contribution in [0.25, 0.3) is 11.3 Å². The second-order valence-electron chi connectivity index (χ2n) is 8.06. The van der Waals surface area contributed by atoms with Crippen LogP contribution < -0.4 is 0 Å². The smallest absolute Gasteiger partial charge is 0.0705 e. The summed E-state index contributed by atoms with van der Waals surface area (Å²) in [5, 5.41) is 0. The molecule has 0 N–H and O–H groups in total. The normalized spacial score (nSPS) is 16.8. The predicted molar refractivity (Wildman–Crippen MR) is 103 cm³/mol. The number of hydrogen-bond acceptors (Lipinski definition) is 2. The Kier molecular flexibility index (Phi) is 3.37. The Morgan fingerprint density at radius 2 is 1.56 bits per heavy atom. The topological polar surface area (TPSA) is 25.8 Å². The molecular formula is C23H24N2. The van der Waals surface area contributed by atoms with Crippen molar-refractivity contribution in [1.82, 2.24) is 9.97 Å². The monoisotopic (exact) mass is 328 g/mol. The number of hydrogen-bond donors (Lipinski definition) is 0. The average molecular weight is 328 g/mol. The van der Waals surface area contributed by atoms with E-state index >= 15 is 0 Å². The van der Waals surface area contributed by atoms with Crippen LogP contribution in [0.2, 0.25) is 0 Å². The van der Waals surface area contributed by atoms with E-state index in [1.165, 1.54) is 27.8 Å². The lowest BCUT2D eigenvalue weighted by Crippen LogP contribution is -2.37. The molecule has 2 nitrogen and oxygen atoms in total. The lowest BCUT2D eigenvalue weighted by atomic mass is 9.59. The van der Waals surface area contributed by atoms with E-state index in [2.05, 4.69) is 87.2 Å². The van der Waals surface area contributed by atoms with Gasteiger partial charge < -0.3 is 0 Å². The highest BCUT2D eigenvalue weighted by atomic mass is 14.7. The van der Waals surface area contributed by atoms with Gasteiger partial charge in [0.1, 0.15) is 0 Å². The minimum atomic E-state index is -0.0952. The number of aromatic nitrogens is 2. The first kappa shape index (κ1) is 16.0. The third kappa shape index (κ3) is 2.24. The van der Waals surface area contributed by atoms with Crippen molar-refractivity contribution in [3.8, 4) is 11.3 Å². The summed E-state index contributed by atoms with van der Waals surface area (Å²) in [4.78, 5) is 9.23. The molecule has 0 bridgehead atoms. The zero-order valence-electron chi connectivity index (χ0n) is 15.6. The highest BCUT2D eigenvalue weighted by Crippen LogP contribution is 2.52. The van der Waals surface area contributed by atoms with Crippen molar-refractivity contribution in [3.63, 3.8) is 0 Å². The summed E-state index contributed by atoms with van der Waals surface area (Å²) < 4.78 is 0. The second-order valence-corrected chi connectivity index (χ2v) is 8.06. The van der Waals surface area contributed by atoms with Gasteiger partial charge in [0.05, 0.1) is 5.69 Å². The number of rotatable bonds is 1. The van der Waals surface area contributed by atoms with Crippen molar-refractivity contribution in [1.29, 1.82) is 0 Å². The van der Waals surface area contributed by atoms with Gasteiger partial charge in [-0.3, -0.25) is 9.97 Å². The van der Waals surface area contributed by atoms with Crippen LogP contribution in [0.15, 0.2) is 54.9 Å². The fraction of sp³-hybridized carbons (Fsp3) is 0.304. The van der Waals surface area contributed by atoms with Crippen molar-refractivity contribution in [2.24, 2.45) is 0 Å². The fourth-order valence-corrected chi connectivity index (χ4v) is 4.34. The summed E-state index contributed by atoms with van der Waals surface area (Å²) in [6.45, 7) is 11.3. The third-order valence-corrected chi connectivity index (χ3v) is 5.69. The van der Waals surface area contributed by atoms with Gasteiger partial charge in [0, 0.05) is 34.5 Å². The summed E-state index contributed by atoms with van der Waals surface area (Å²) in [6.07, 6.45) is 3.94. The SMILES string of the molecule is Cc1cc2c(cn1)C(C)(C)c1cccc(-c3ccccn3)c1C2(C)C. The molecule has 0 amide bonds. The molecule has 1 aromatic carbocycles. The van der Waals surface area contributed by atoms with Gasteiger partial charge in [-0.15, -0.1) is 0 Å². The maximum atomic E-state index is 4.63. The van der Waals surface area contributed by atoms with Crippen LogP contribution in [-0.4, -0.2) is 9.97 Å². The number of nitrogens with zero attached hydrogens (tertiary/aromatic N) is 2. The molecule has 0 spiro atoms. The Morgan fingerprint density at radius 1 is 0.760 bits per heavy atom. The first-order valence-electron chi connectivity index (χ1n) is 8.86. The maximum Gasteiger partial charge on any atom is 0.0705 e. The molecule has 25 heavy (non-hydrogen) atoms. The Hall–Kier alpha value is -2.48. The highest BCUT2D eigenvalue weighted by molar-refractivity contribution is 5.73. The van der Waals surface area contributed by atoms with Crippen molar-refractivity contribution in [2.45, 2.75) is 45.4 Å². The summed E-state index contributed by atoms with van der Waals surface area (Å²) in [7, 11) is 0. The maximum absolute atomic E-state index is 4.63. The molecule has 126 valence electrons. The molecule has 3 aromatic rings. The van der Waals surface area contributed by atoms with Crippen molar-refractivity contribution in [3.05, 3.63) is 82.8 Å². The fourth-order valence-electron chi connectivity index (χ4n) is 4.34. The molecular weight excluding hydrogens is 304 g/mol. The van der Waals surface area contributed by atoms with Crippen LogP contribution >= 0.6 is 0 Å². The largest absolute Gasteiger partial charge is 0.261 e. The van der Waals surface area contributed by atoms with Crippen molar-refractivity contribution < 1.29 is 0 Å². The number of benzene rings is 1. The van der Waals surface area contributed by atoms with Gasteiger partial charge in [-0.2, -0.15) is 0 Å². The second kappa shape index (κ2) is 5.26. The molecule has 0 aliphatic heterocycles. The highest BCUT2D eigenvalue weighted by Gasteiger charge is 2.43. The van der Waals surface area contributed by atoms with Gasteiger partial charge in [0.25, 0.3) is 0 Å². The Bertz CT molecular complexity index is 953. The van der Waals surface area contributed by atoms with E-state index in [0.29, 0.717) is 0 Å². The van der Waals surface area contributed by atoms with E-state index in [0.717, 1.165) is 11.4 Å². The van der Waals surface area contributed by atoms with Crippen LogP contribution in [0, 0.1) is 6.92 Å². The molecule has 1 aliphatic rings. The van der Waals surface area contributed by atoms with Crippen molar-refractivity contribution in [2.75, 3.05) is 0 Å². The molecule has 2 heterocycles. The number of aryl methyl sites for hydroxylation is 1. The minimum Gasteiger partial charge on any atom is -0.261 e. The van der Waals surface area contributed by atoms with Crippen molar-refractivity contribution >= 4 is 0 Å². The van der Waals surface area contributed by atoms with E-state index in [1.54, 1.807) is 0 Å². The van der Waals surface area contributed by atoms with Crippen LogP contribution in [-0.2, 0) is 10.8 Å². The first-order valence-corrected chi connectivity index (χ1v) is 8.86. The molecule has 0 fully saturated rings. The number of pyridine rings is 2. The summed E-state index contributed by atoms with van der Waals surface area (Å²) in [5.74, 6) is 0. The molecule has 0 saturated carbocycles. The van der Waals surface area contributed by atoms with Crippen LogP contribution in [0.1, 0.15) is 55.6 Å². The molecule has 1 aliphatic carbocycles. The van der Waals surface area contributed by atoms with Crippen LogP contribution in [0.4, 0.5) is 0 Å². The van der Waals surface area contributed by atoms with Crippen LogP contribution in [0.5, 0.6) is 0 Å². The van der Waals surface area contributed by atoms with Gasteiger partial charge in [0.2, 0.25) is 0 Å². The molecule has 0 radical (unpaired) electrons. The van der Waals surface area contributed by atoms with E-state index in [-0.39, 0.29) is 10.8 Å². The Balaban J connectivity index is 2.09. The van der Waals surface area contributed by atoms with Gasteiger partial charge in [-0.25, -0.2) is 0 Å². The van der Waals surface area contributed by atoms with Gasteiger partial charge in [0.15, 0.2) is 0 Å². The quantitative estimate of drug-likeness (QED) is 0.596. The molecule has 0 unspecified atom stereocenters. The van der Waals surface area contributed by atoms with Gasteiger partial charge in [-0.1, -0.05) is 52.0 Å². The van der Waals surface area contributed by atoms with E-state index in [4.69, 9.17) is 0 Å². The predicted octanol–water partition coefficient (Wildman–Crippen LogP) is 5.42. The molecule has 2 heteroatoms. The van der Waals surface area contributed by atoms with E-state index < -0.39 is 0 Å². The first-order chi connectivity index (χ1) is 11.8. The molecule has 4 rings (SSSR count). The molecule has 0 saturated heterocycles. The van der Waals surface area contributed by atoms with E-state index in [9.17, 15) is 0 Å². The van der Waals surface area contributed by atoms with Crippen LogP contribution in [0.3, 0.4) is 0 Å². The molecule has 0 atom stereocenters. The molecule has 2 aromatic heterocycles. The zero-order chi connectivity index (χ0) is 17.8. The third-order valence-electron chi connectivity index (χ3n) is 5.69. The summed E-state index contributed by atoms with van der Waals surface area (Å²) in [5.41, 5.74) is 8.63. The number of fused-ring (bicyclic) bond motifs is 2. The van der Waals surface area contributed by atoms with Gasteiger partial charge >= 0.3 is 0 Å². The Morgan fingerprint density at radius 3 is 2.28 bits per heavy atom. The zero-order valence-corrected chi connectivity index (χ0v) is 15.6. The minimum absolute atomic E-state index is 0.0777. The standard InChI is InChI=1S/C23H24N2/c1-15-13-18-19(14-25-15)22(2,3)17-10-8-9-16(21(17)23(18,4)5)20-11-6-7-12-24-20/h6-14H,1-5H3. The lowest BCUT2D eigenvalue weighted by Gasteiger charge is -2.44. The summed E-state index contributed by atoms with van der Waals surface area (Å²) in [6, 6.07) is 15.0. The van der Waals surface area contributed by atoms with E-state index in [1.807, 2.05) is 12.3 Å². The summed E-state index contributed by atoms with van der Waals surface area (Å²) >= 11 is 0. The average Bonchev–Trinajstić information content (AvgIpc) is 2.60. The van der Waals surface area contributed by atoms with Gasteiger partial charge in [-0.05, 0) is 47.4 Å².